The third-order valence-electron chi connectivity index (χ3n) is 6.63. The molecular formula is C23H20N4O5. The van der Waals surface area contributed by atoms with Crippen molar-refractivity contribution in [2.75, 3.05) is 18.1 Å². The van der Waals surface area contributed by atoms with Gasteiger partial charge in [-0.25, -0.2) is 14.8 Å². The minimum absolute atomic E-state index is 0.0586. The topological polar surface area (TPSA) is 117 Å². The number of aliphatic imine (C=N–C) groups is 1. The monoisotopic (exact) mass is 432 g/mol. The molecule has 0 aliphatic carbocycles. The highest BCUT2D eigenvalue weighted by atomic mass is 16.6. The van der Waals surface area contributed by atoms with Gasteiger partial charge in [0, 0.05) is 17.7 Å². The summed E-state index contributed by atoms with van der Waals surface area (Å²) in [6.45, 7) is 2.10. The zero-order valence-electron chi connectivity index (χ0n) is 17.3. The number of esters is 1. The van der Waals surface area contributed by atoms with Gasteiger partial charge in [-0.1, -0.05) is 13.0 Å². The standard InChI is InChI=1S/C23H20N4O5/c1-2-23(31)14-8-17-19-12(9-27(17)21(29)13(14)10-32-22(23)30)20-18-15(4-3-5-16(18)25-19)24-11-26(20)6-7-28/h3-5,8,11,28,31H,2,6-7,9-10H2,1H3. The van der Waals surface area contributed by atoms with E-state index in [1.165, 1.54) is 0 Å². The van der Waals surface area contributed by atoms with Crippen LogP contribution in [0.5, 0.6) is 0 Å². The van der Waals surface area contributed by atoms with Gasteiger partial charge in [-0.15, -0.1) is 0 Å². The van der Waals surface area contributed by atoms with Crippen molar-refractivity contribution in [3.8, 4) is 11.4 Å². The van der Waals surface area contributed by atoms with E-state index in [2.05, 4.69) is 4.99 Å². The lowest BCUT2D eigenvalue weighted by molar-refractivity contribution is -0.172. The number of carbonyl (C=O) groups excluding carboxylic acids is 1. The number of cyclic esters (lactones) is 1. The van der Waals surface area contributed by atoms with Crippen LogP contribution in [0.25, 0.3) is 22.3 Å². The van der Waals surface area contributed by atoms with Crippen molar-refractivity contribution in [2.45, 2.75) is 32.1 Å². The van der Waals surface area contributed by atoms with Gasteiger partial charge in [0.15, 0.2) is 5.60 Å². The van der Waals surface area contributed by atoms with Crippen molar-refractivity contribution in [3.05, 3.63) is 51.3 Å². The summed E-state index contributed by atoms with van der Waals surface area (Å²) in [6, 6.07) is 7.37. The second-order valence-corrected chi connectivity index (χ2v) is 8.22. The smallest absolute Gasteiger partial charge is 0.343 e. The van der Waals surface area contributed by atoms with Crippen LogP contribution in [0, 0.1) is 0 Å². The third-order valence-corrected chi connectivity index (χ3v) is 6.63. The summed E-state index contributed by atoms with van der Waals surface area (Å²) in [4.78, 5) is 37.0. The van der Waals surface area contributed by atoms with Gasteiger partial charge in [0.1, 0.15) is 6.61 Å². The molecular weight excluding hydrogens is 412 g/mol. The molecule has 3 aliphatic heterocycles. The lowest BCUT2D eigenvalue weighted by atomic mass is 9.86. The minimum Gasteiger partial charge on any atom is -0.458 e. The Morgan fingerprint density at radius 2 is 2.09 bits per heavy atom. The number of benzene rings is 1. The number of aromatic nitrogens is 2. The van der Waals surface area contributed by atoms with Gasteiger partial charge in [0.2, 0.25) is 0 Å². The van der Waals surface area contributed by atoms with Crippen molar-refractivity contribution >= 4 is 34.6 Å². The Labute approximate surface area is 182 Å². The number of pyridine rings is 2. The van der Waals surface area contributed by atoms with Gasteiger partial charge in [0.05, 0.1) is 58.7 Å². The number of β-amino-alcohol motifs (C(OH)–C–C–N with tert-alkyl or cyclic N) is 1. The number of ether oxygens (including phenoxy) is 1. The highest BCUT2D eigenvalue weighted by Gasteiger charge is 2.45. The van der Waals surface area contributed by atoms with Crippen molar-refractivity contribution in [2.24, 2.45) is 4.99 Å². The van der Waals surface area contributed by atoms with Crippen LogP contribution < -0.4 is 10.5 Å². The Morgan fingerprint density at radius 1 is 1.25 bits per heavy atom. The Balaban J connectivity index is 1.67. The van der Waals surface area contributed by atoms with E-state index in [-0.39, 0.29) is 37.3 Å². The normalized spacial score (nSPS) is 20.2. The Kier molecular flexibility index (Phi) is 3.87. The first-order valence-corrected chi connectivity index (χ1v) is 10.5. The SMILES string of the molecule is CCC1(O)C(=O)OCc2c1cc1n(c2=O)Cc2c-1nc1cccc3c1c2N(CCO)C=N3. The fourth-order valence-corrected chi connectivity index (χ4v) is 4.98. The average Bonchev–Trinajstić information content (AvgIpc) is 3.17. The summed E-state index contributed by atoms with van der Waals surface area (Å²) in [5, 5.41) is 21.5. The molecule has 2 aromatic heterocycles. The van der Waals surface area contributed by atoms with Crippen LogP contribution in [0.1, 0.15) is 30.0 Å². The first-order valence-electron chi connectivity index (χ1n) is 10.5. The molecule has 9 heteroatoms. The van der Waals surface area contributed by atoms with Gasteiger partial charge in [0.25, 0.3) is 5.56 Å². The lowest BCUT2D eigenvalue weighted by Crippen LogP contribution is -2.44. The number of hydrogen-bond donors (Lipinski definition) is 2. The maximum absolute atomic E-state index is 13.4. The summed E-state index contributed by atoms with van der Waals surface area (Å²) in [5.41, 5.74) is 2.81. The van der Waals surface area contributed by atoms with E-state index in [1.54, 1.807) is 23.9 Å². The zero-order chi connectivity index (χ0) is 22.2. The second kappa shape index (κ2) is 6.47. The van der Waals surface area contributed by atoms with Crippen molar-refractivity contribution < 1.29 is 19.7 Å². The highest BCUT2D eigenvalue weighted by molar-refractivity contribution is 6.11. The molecule has 0 spiro atoms. The van der Waals surface area contributed by atoms with Crippen molar-refractivity contribution in [1.82, 2.24) is 9.55 Å². The summed E-state index contributed by atoms with van der Waals surface area (Å²) in [5.74, 6) is -0.744. The van der Waals surface area contributed by atoms with Crippen LogP contribution in [0.4, 0.5) is 11.4 Å². The minimum atomic E-state index is -1.86. The highest BCUT2D eigenvalue weighted by Crippen LogP contribution is 2.46. The first-order chi connectivity index (χ1) is 15.5. The van der Waals surface area contributed by atoms with Crippen LogP contribution in [-0.2, 0) is 28.3 Å². The molecule has 3 aromatic rings. The molecule has 6 rings (SSSR count). The summed E-state index contributed by atoms with van der Waals surface area (Å²) in [7, 11) is 0. The molecule has 0 saturated carbocycles. The fourth-order valence-electron chi connectivity index (χ4n) is 4.98. The van der Waals surface area contributed by atoms with Crippen molar-refractivity contribution in [1.29, 1.82) is 0 Å². The molecule has 1 unspecified atom stereocenters. The molecule has 1 atom stereocenters. The van der Waals surface area contributed by atoms with Gasteiger partial charge in [-0.2, -0.15) is 0 Å². The molecule has 0 saturated heterocycles. The molecule has 32 heavy (non-hydrogen) atoms. The Hall–Kier alpha value is -3.56. The predicted molar refractivity (Wildman–Crippen MR) is 117 cm³/mol. The molecule has 5 heterocycles. The predicted octanol–water partition coefficient (Wildman–Crippen LogP) is 1.55. The number of hydrogen-bond acceptors (Lipinski definition) is 8. The summed E-state index contributed by atoms with van der Waals surface area (Å²) < 4.78 is 6.75. The quantitative estimate of drug-likeness (QED) is 0.472. The largest absolute Gasteiger partial charge is 0.458 e. The van der Waals surface area contributed by atoms with Gasteiger partial charge in [-0.3, -0.25) is 4.79 Å². The van der Waals surface area contributed by atoms with Crippen LogP contribution in [0.3, 0.4) is 0 Å². The van der Waals surface area contributed by atoms with Gasteiger partial charge in [-0.05, 0) is 24.6 Å². The fraction of sp³-hybridized carbons (Fsp3) is 0.304. The molecule has 0 radical (unpaired) electrons. The first kappa shape index (κ1) is 19.1. The van der Waals surface area contributed by atoms with Crippen LogP contribution in [0.2, 0.25) is 0 Å². The van der Waals surface area contributed by atoms with Crippen molar-refractivity contribution in [3.63, 3.8) is 0 Å². The maximum atomic E-state index is 13.4. The molecule has 0 amide bonds. The molecule has 9 nitrogen and oxygen atoms in total. The maximum Gasteiger partial charge on any atom is 0.343 e. The molecule has 1 aromatic carbocycles. The van der Waals surface area contributed by atoms with E-state index in [0.29, 0.717) is 23.5 Å². The molecule has 0 bridgehead atoms. The Morgan fingerprint density at radius 3 is 2.88 bits per heavy atom. The van der Waals surface area contributed by atoms with Crippen LogP contribution in [-0.4, -0.2) is 45.2 Å². The number of anilines is 1. The van der Waals surface area contributed by atoms with Crippen LogP contribution in [0.15, 0.2) is 34.1 Å². The van der Waals surface area contributed by atoms with E-state index in [4.69, 9.17) is 9.72 Å². The molecule has 3 aliphatic rings. The number of nitrogens with zero attached hydrogens (tertiary/aromatic N) is 4. The third kappa shape index (κ3) is 2.29. The summed E-state index contributed by atoms with van der Waals surface area (Å²) in [6.07, 6.45) is 1.78. The van der Waals surface area contributed by atoms with E-state index in [0.717, 1.165) is 27.8 Å². The summed E-state index contributed by atoms with van der Waals surface area (Å²) >= 11 is 0. The molecule has 2 N–H and O–H groups in total. The second-order valence-electron chi connectivity index (χ2n) is 8.22. The Bertz CT molecular complexity index is 1430. The average molecular weight is 432 g/mol. The molecule has 162 valence electrons. The van der Waals surface area contributed by atoms with Crippen LogP contribution >= 0.6 is 0 Å². The van der Waals surface area contributed by atoms with E-state index < -0.39 is 11.6 Å². The van der Waals surface area contributed by atoms with Gasteiger partial charge >= 0.3 is 5.97 Å². The van der Waals surface area contributed by atoms with E-state index in [9.17, 15) is 19.8 Å². The van der Waals surface area contributed by atoms with E-state index in [1.807, 2.05) is 23.1 Å². The number of aliphatic hydroxyl groups excluding tert-OH is 1. The van der Waals surface area contributed by atoms with E-state index >= 15 is 0 Å². The molecule has 0 fully saturated rings. The number of carbonyl (C=O) groups is 1. The number of fused-ring (bicyclic) bond motifs is 5. The zero-order valence-corrected chi connectivity index (χ0v) is 17.3. The van der Waals surface area contributed by atoms with Gasteiger partial charge < -0.3 is 24.4 Å². The number of aliphatic hydroxyl groups is 2. The lowest BCUT2D eigenvalue weighted by Gasteiger charge is -2.31. The number of rotatable bonds is 3.